The maximum atomic E-state index is 13.8. The minimum Gasteiger partial charge on any atom is -0.476 e. The Balaban J connectivity index is 0.679. The Morgan fingerprint density at radius 3 is 2.22 bits per heavy atom. The standard InChI is InChI=1S/C70H83N13O15S2/c1-41(2)57(78-61(88)53(100(94,95)96)25-28-82-55(84)22-23-56(82)85)62(89)75-51(14-10-26-72-64(71)92)60(87)74-45-18-16-43(17-19-45)33-97-66(93)80(6)29-30-98-70-37-67(4)34-68(5,38-70)36-69(35-67,39-70)40-83-42(3)48(31-73-83)46-20-21-54(77-58(46)63(90)91)81-27-24-44-11-9-12-47(49(44)32-81)59(86)79-65-76-50-13-7-8-15-52(50)99-65/h7-9,11-13,15-23,31,41,51,53,57H,10,14,24-30,32-40H2,1-6H3,(H,74,87)(H,75,89)(H,78,88)(H,90,91)(H3,71,72,92)(H,76,79,86)(H,94,95,96)/t51-,53-,57-,67?,68?,69?,70?/m0/s1. The van der Waals surface area contributed by atoms with E-state index in [-0.39, 0.29) is 67.0 Å². The smallest absolute Gasteiger partial charge is 0.409 e. The Morgan fingerprint density at radius 2 is 1.54 bits per heavy atom. The number of likely N-dealkylation sites (N-methyl/N-ethyl adjacent to an activating group) is 1. The first-order valence-electron chi connectivity index (χ1n) is 33.3. The Morgan fingerprint density at radius 1 is 0.820 bits per heavy atom. The van der Waals surface area contributed by atoms with E-state index in [9.17, 15) is 61.2 Å². The number of aromatic carboxylic acids is 1. The lowest BCUT2D eigenvalue weighted by Gasteiger charge is -2.69. The maximum absolute atomic E-state index is 13.8. The van der Waals surface area contributed by atoms with Crippen LogP contribution in [0.3, 0.4) is 0 Å². The number of hydrogen-bond acceptors (Lipinski definition) is 18. The van der Waals surface area contributed by atoms with Crippen LogP contribution in [-0.2, 0) is 69.7 Å². The van der Waals surface area contributed by atoms with E-state index in [4.69, 9.17) is 25.3 Å². The van der Waals surface area contributed by atoms with Crippen molar-refractivity contribution in [3.63, 3.8) is 0 Å². The second-order valence-electron chi connectivity index (χ2n) is 28.3. The highest BCUT2D eigenvalue weighted by molar-refractivity contribution is 7.87. The molecule has 0 spiro atoms. The van der Waals surface area contributed by atoms with Crippen molar-refractivity contribution in [2.24, 2.45) is 27.9 Å². The van der Waals surface area contributed by atoms with Gasteiger partial charge in [-0.15, -0.1) is 0 Å². The van der Waals surface area contributed by atoms with Gasteiger partial charge in [-0.3, -0.25) is 48.2 Å². The quantitative estimate of drug-likeness (QED) is 0.0135. The SMILES string of the molecule is Cc1c(-c2ccc(N3CCc4cccc(C(=O)Nc5nc6ccccc6s5)c4C3)nc2C(=O)O)cnn1CC12CC3(C)CC(C)(C1)CC(OCCN(C)C(=O)OCc1ccc(NC(=O)[C@H](CCCNC(N)=O)NC(=O)[C@@H](NC(=O)[C@H](CCN4C(=O)C=CC4=O)S(=O)(=O)O)C(C)C)cc1)(C3)C2. The predicted octanol–water partition coefficient (Wildman–Crippen LogP) is 7.36. The van der Waals surface area contributed by atoms with Crippen LogP contribution < -0.4 is 37.2 Å². The molecule has 0 saturated heterocycles. The van der Waals surface area contributed by atoms with Gasteiger partial charge in [-0.1, -0.05) is 75.4 Å². The molecule has 3 aromatic heterocycles. The Hall–Kier alpha value is -9.65. The van der Waals surface area contributed by atoms with Crippen molar-refractivity contribution in [2.45, 2.75) is 141 Å². The Bertz CT molecular complexity index is 4290. The van der Waals surface area contributed by atoms with Crippen LogP contribution in [0.1, 0.15) is 129 Å². The van der Waals surface area contributed by atoms with Crippen LogP contribution in [0.15, 0.2) is 97.2 Å². The van der Waals surface area contributed by atoms with Crippen molar-refractivity contribution in [3.8, 4) is 11.1 Å². The number of fused-ring (bicyclic) bond motifs is 2. The summed E-state index contributed by atoms with van der Waals surface area (Å²) in [6.45, 7) is 11.2. The summed E-state index contributed by atoms with van der Waals surface area (Å²) in [4.78, 5) is 131. The molecule has 3 aromatic carbocycles. The van der Waals surface area contributed by atoms with Gasteiger partial charge < -0.3 is 51.4 Å². The number of pyridine rings is 1. The average Bonchev–Trinajstić information content (AvgIpc) is 0.753. The highest BCUT2D eigenvalue weighted by Crippen LogP contribution is 2.72. The van der Waals surface area contributed by atoms with Crippen LogP contribution in [-0.4, -0.2) is 164 Å². The first kappa shape index (κ1) is 71.6. The third-order valence-electron chi connectivity index (χ3n) is 19.7. The van der Waals surface area contributed by atoms with E-state index < -0.39 is 99.6 Å². The molecule has 4 saturated carbocycles. The number of anilines is 3. The number of carboxylic acid groups (broad SMARTS) is 1. The van der Waals surface area contributed by atoms with Gasteiger partial charge in [-0.25, -0.2) is 24.4 Å². The number of imide groups is 1. The molecular formula is C70H83N13O15S2. The minimum atomic E-state index is -5.11. The zero-order chi connectivity index (χ0) is 71.6. The molecule has 30 heteroatoms. The number of urea groups is 1. The molecule has 4 aliphatic carbocycles. The normalized spacial score (nSPS) is 21.5. The summed E-state index contributed by atoms with van der Waals surface area (Å²) in [5, 5.41) is 27.1. The molecular weight excluding hydrogens is 1330 g/mol. The molecule has 4 fully saturated rings. The van der Waals surface area contributed by atoms with Crippen molar-refractivity contribution < 1.29 is 70.7 Å². The molecule has 9 N–H and O–H groups in total. The predicted molar refractivity (Wildman–Crippen MR) is 370 cm³/mol. The average molecular weight is 1410 g/mol. The number of benzene rings is 3. The van der Waals surface area contributed by atoms with Gasteiger partial charge in [0, 0.05) is 86.5 Å². The van der Waals surface area contributed by atoms with Crippen LogP contribution in [0, 0.1) is 29.1 Å². The number of para-hydroxylation sites is 1. The number of thiazole rings is 1. The van der Waals surface area contributed by atoms with Gasteiger partial charge in [-0.2, -0.15) is 13.5 Å². The number of carbonyl (C=O) groups excluding carboxylic acids is 8. The number of aromatic nitrogens is 4. The summed E-state index contributed by atoms with van der Waals surface area (Å²) in [5.74, 6) is -5.97. The van der Waals surface area contributed by atoms with Crippen LogP contribution in [0.2, 0.25) is 0 Å². The second kappa shape index (κ2) is 28.9. The lowest BCUT2D eigenvalue weighted by molar-refractivity contribution is -0.248. The zero-order valence-electron chi connectivity index (χ0n) is 56.5. The maximum Gasteiger partial charge on any atom is 0.409 e. The monoisotopic (exact) mass is 1410 g/mol. The summed E-state index contributed by atoms with van der Waals surface area (Å²) in [5.41, 5.74) is 10.5. The second-order valence-corrected chi connectivity index (χ2v) is 30.9. The number of nitrogens with zero attached hydrogens (tertiary/aromatic N) is 7. The molecule has 9 amide bonds. The van der Waals surface area contributed by atoms with Crippen LogP contribution in [0.5, 0.6) is 0 Å². The number of primary amides is 1. The molecule has 28 nitrogen and oxygen atoms in total. The third-order valence-corrected chi connectivity index (χ3v) is 21.8. The Kier molecular flexibility index (Phi) is 20.7. The summed E-state index contributed by atoms with van der Waals surface area (Å²) in [6.07, 6.45) is 8.68. The number of nitrogens with one attached hydrogen (secondary N) is 5. The molecule has 4 bridgehead atoms. The first-order valence-corrected chi connectivity index (χ1v) is 35.6. The molecule has 100 heavy (non-hydrogen) atoms. The van der Waals surface area contributed by atoms with Crippen molar-refractivity contribution in [2.75, 3.05) is 55.4 Å². The minimum absolute atomic E-state index is 0.0190. The molecule has 530 valence electrons. The van der Waals surface area contributed by atoms with Gasteiger partial charge in [0.2, 0.25) is 17.7 Å². The van der Waals surface area contributed by atoms with Crippen LogP contribution in [0.25, 0.3) is 21.3 Å². The molecule has 0 radical (unpaired) electrons. The van der Waals surface area contributed by atoms with Crippen molar-refractivity contribution in [3.05, 3.63) is 131 Å². The van der Waals surface area contributed by atoms with E-state index in [1.165, 1.54) is 16.2 Å². The van der Waals surface area contributed by atoms with Gasteiger partial charge >= 0.3 is 18.1 Å². The first-order chi connectivity index (χ1) is 47.4. The number of nitrogens with two attached hydrogens (primary N) is 1. The number of hydrogen-bond donors (Lipinski definition) is 8. The highest BCUT2D eigenvalue weighted by Gasteiger charge is 2.66. The molecule has 2 unspecified atom stereocenters. The van der Waals surface area contributed by atoms with Gasteiger partial charge in [0.25, 0.3) is 27.8 Å². The molecule has 12 rings (SSSR count). The van der Waals surface area contributed by atoms with E-state index in [0.717, 1.165) is 77.7 Å². The van der Waals surface area contributed by atoms with Gasteiger partial charge in [-0.05, 0) is 152 Å². The van der Waals surface area contributed by atoms with E-state index in [1.54, 1.807) is 57.4 Å². The highest BCUT2D eigenvalue weighted by atomic mass is 32.2. The fourth-order valence-corrected chi connectivity index (χ4v) is 17.8. The lowest BCUT2D eigenvalue weighted by atomic mass is 9.39. The van der Waals surface area contributed by atoms with Gasteiger partial charge in [0.1, 0.15) is 24.5 Å². The summed E-state index contributed by atoms with van der Waals surface area (Å²) >= 11 is 1.41. The topological polar surface area (TPSA) is 386 Å². The number of carboxylic acids is 1. The van der Waals surface area contributed by atoms with Gasteiger partial charge in [0.05, 0.1) is 28.6 Å². The largest absolute Gasteiger partial charge is 0.476 e. The Labute approximate surface area is 581 Å². The van der Waals surface area contributed by atoms with Crippen molar-refractivity contribution in [1.29, 1.82) is 0 Å². The van der Waals surface area contributed by atoms with E-state index in [1.807, 2.05) is 65.0 Å². The van der Waals surface area contributed by atoms with Crippen molar-refractivity contribution >= 4 is 102 Å². The van der Waals surface area contributed by atoms with Crippen molar-refractivity contribution in [1.82, 2.24) is 45.5 Å². The fraction of sp³-hybridized carbons (Fsp3) is 0.457. The molecule has 6 aromatic rings. The summed E-state index contributed by atoms with van der Waals surface area (Å²) in [6, 6.07) is 19.9. The van der Waals surface area contributed by atoms with Gasteiger partial charge in [0.15, 0.2) is 16.1 Å². The van der Waals surface area contributed by atoms with E-state index in [2.05, 4.69) is 45.4 Å². The van der Waals surface area contributed by atoms with E-state index >= 15 is 0 Å². The van der Waals surface area contributed by atoms with E-state index in [0.29, 0.717) is 69.8 Å². The summed E-state index contributed by atoms with van der Waals surface area (Å²) < 4.78 is 50.4. The number of carbonyl (C=O) groups is 9. The molecule has 2 aliphatic heterocycles. The number of rotatable bonds is 28. The molecule has 5 heterocycles. The van der Waals surface area contributed by atoms with Crippen LogP contribution in [0.4, 0.5) is 26.2 Å². The fourth-order valence-electron chi connectivity index (χ4n) is 16.2. The third kappa shape index (κ3) is 16.1. The number of amides is 9. The zero-order valence-corrected chi connectivity index (χ0v) is 58.1. The lowest BCUT2D eigenvalue weighted by Crippen LogP contribution is -2.64. The summed E-state index contributed by atoms with van der Waals surface area (Å²) in [7, 11) is -3.47. The molecule has 5 atom stereocenters. The molecule has 6 aliphatic rings. The van der Waals surface area contributed by atoms with Crippen LogP contribution >= 0.6 is 11.3 Å². The number of ether oxygens (including phenoxy) is 2.